The summed E-state index contributed by atoms with van der Waals surface area (Å²) in [5.41, 5.74) is 4.32. The van der Waals surface area contributed by atoms with Crippen molar-refractivity contribution in [2.45, 2.75) is 32.6 Å². The molecular weight excluding hydrogens is 324 g/mol. The summed E-state index contributed by atoms with van der Waals surface area (Å²) in [6.45, 7) is 5.44. The van der Waals surface area contributed by atoms with Crippen molar-refractivity contribution in [2.24, 2.45) is 5.92 Å². The van der Waals surface area contributed by atoms with E-state index >= 15 is 0 Å². The highest BCUT2D eigenvalue weighted by Crippen LogP contribution is 2.35. The van der Waals surface area contributed by atoms with Crippen molar-refractivity contribution >= 4 is 23.2 Å². The van der Waals surface area contributed by atoms with Gasteiger partial charge in [-0.25, -0.2) is 0 Å². The van der Waals surface area contributed by atoms with Crippen molar-refractivity contribution in [3.05, 3.63) is 59.7 Å². The average Bonchev–Trinajstić information content (AvgIpc) is 3.25. The first-order valence-electron chi connectivity index (χ1n) is 9.35. The third kappa shape index (κ3) is 2.79. The van der Waals surface area contributed by atoms with E-state index in [2.05, 4.69) is 26.0 Å². The molecule has 0 N–H and O–H groups in total. The Morgan fingerprint density at radius 3 is 2.50 bits per heavy atom. The van der Waals surface area contributed by atoms with Gasteiger partial charge in [-0.05, 0) is 35.6 Å². The van der Waals surface area contributed by atoms with Crippen LogP contribution < -0.4 is 9.80 Å². The molecule has 2 aliphatic heterocycles. The summed E-state index contributed by atoms with van der Waals surface area (Å²) in [7, 11) is 0. The van der Waals surface area contributed by atoms with Gasteiger partial charge in [-0.15, -0.1) is 0 Å². The highest BCUT2D eigenvalue weighted by atomic mass is 16.2. The van der Waals surface area contributed by atoms with Crippen LogP contribution in [0, 0.1) is 5.92 Å². The maximum absolute atomic E-state index is 13.1. The maximum Gasteiger partial charge on any atom is 0.232 e. The normalized spacial score (nSPS) is 19.3. The number of carbonyl (C=O) groups excluding carboxylic acids is 2. The van der Waals surface area contributed by atoms with Crippen LogP contribution in [0.1, 0.15) is 37.3 Å². The van der Waals surface area contributed by atoms with Crippen LogP contribution in [0.2, 0.25) is 0 Å². The average molecular weight is 348 g/mol. The molecule has 1 unspecified atom stereocenters. The molecule has 26 heavy (non-hydrogen) atoms. The van der Waals surface area contributed by atoms with Crippen LogP contribution in [0.4, 0.5) is 11.4 Å². The number of benzene rings is 2. The first-order valence-corrected chi connectivity index (χ1v) is 9.35. The van der Waals surface area contributed by atoms with Crippen LogP contribution in [-0.4, -0.2) is 24.9 Å². The fourth-order valence-electron chi connectivity index (χ4n) is 4.11. The number of fused-ring (bicyclic) bond motifs is 1. The van der Waals surface area contributed by atoms with Crippen LogP contribution >= 0.6 is 0 Å². The Morgan fingerprint density at radius 1 is 1.04 bits per heavy atom. The second kappa shape index (κ2) is 6.60. The van der Waals surface area contributed by atoms with Crippen LogP contribution in [-0.2, 0) is 16.0 Å². The Labute approximate surface area is 154 Å². The maximum atomic E-state index is 13.1. The quantitative estimate of drug-likeness (QED) is 0.847. The van der Waals surface area contributed by atoms with Gasteiger partial charge in [0.05, 0.1) is 5.92 Å². The molecule has 0 saturated carbocycles. The lowest BCUT2D eigenvalue weighted by molar-refractivity contribution is -0.124. The summed E-state index contributed by atoms with van der Waals surface area (Å²) in [5.74, 6) is 0.185. The number of carbonyl (C=O) groups is 2. The summed E-state index contributed by atoms with van der Waals surface area (Å²) in [6, 6.07) is 16.1. The zero-order valence-electron chi connectivity index (χ0n) is 15.3. The molecule has 4 heteroatoms. The molecule has 1 atom stereocenters. The van der Waals surface area contributed by atoms with Crippen molar-refractivity contribution in [3.63, 3.8) is 0 Å². The highest BCUT2D eigenvalue weighted by molar-refractivity contribution is 6.05. The van der Waals surface area contributed by atoms with E-state index in [1.165, 1.54) is 5.56 Å². The minimum atomic E-state index is -0.270. The Bertz CT molecular complexity index is 859. The zero-order chi connectivity index (χ0) is 18.3. The molecule has 134 valence electrons. The summed E-state index contributed by atoms with van der Waals surface area (Å²) >= 11 is 0. The Balaban J connectivity index is 1.57. The van der Waals surface area contributed by atoms with E-state index in [0.29, 0.717) is 25.4 Å². The summed E-state index contributed by atoms with van der Waals surface area (Å²) < 4.78 is 0. The lowest BCUT2D eigenvalue weighted by atomic mass is 10.0. The Kier molecular flexibility index (Phi) is 4.27. The van der Waals surface area contributed by atoms with Crippen LogP contribution in [0.5, 0.6) is 0 Å². The van der Waals surface area contributed by atoms with Gasteiger partial charge in [0.1, 0.15) is 0 Å². The predicted molar refractivity (Wildman–Crippen MR) is 103 cm³/mol. The molecule has 2 aromatic rings. The second-order valence-corrected chi connectivity index (χ2v) is 7.49. The monoisotopic (exact) mass is 348 g/mol. The van der Waals surface area contributed by atoms with Gasteiger partial charge >= 0.3 is 0 Å². The topological polar surface area (TPSA) is 40.6 Å². The molecule has 2 aliphatic rings. The van der Waals surface area contributed by atoms with Crippen molar-refractivity contribution in [3.8, 4) is 0 Å². The molecule has 0 spiro atoms. The molecule has 1 fully saturated rings. The van der Waals surface area contributed by atoms with E-state index in [1.807, 2.05) is 41.3 Å². The van der Waals surface area contributed by atoms with E-state index in [0.717, 1.165) is 23.4 Å². The van der Waals surface area contributed by atoms with Gasteiger partial charge in [0.25, 0.3) is 0 Å². The summed E-state index contributed by atoms with van der Waals surface area (Å²) in [5, 5.41) is 0. The summed E-state index contributed by atoms with van der Waals surface area (Å²) in [6.07, 6.45) is 1.19. The summed E-state index contributed by atoms with van der Waals surface area (Å²) in [4.78, 5) is 29.5. The third-order valence-electron chi connectivity index (χ3n) is 5.48. The zero-order valence-corrected chi connectivity index (χ0v) is 15.3. The van der Waals surface area contributed by atoms with E-state index in [9.17, 15) is 9.59 Å². The SMILES string of the molecule is CC(C)c1ccccc1N1CC(C(=O)N2CCc3ccccc32)CC1=O. The molecule has 0 radical (unpaired) electrons. The number of nitrogens with zero attached hydrogens (tertiary/aromatic N) is 2. The number of hydrogen-bond donors (Lipinski definition) is 0. The van der Waals surface area contributed by atoms with Crippen LogP contribution in [0.15, 0.2) is 48.5 Å². The van der Waals surface area contributed by atoms with Gasteiger partial charge in [0.2, 0.25) is 11.8 Å². The lowest BCUT2D eigenvalue weighted by Crippen LogP contribution is -2.36. The van der Waals surface area contributed by atoms with Gasteiger partial charge < -0.3 is 9.80 Å². The molecule has 2 amide bonds. The number of amides is 2. The van der Waals surface area contributed by atoms with Gasteiger partial charge in [0, 0.05) is 30.9 Å². The third-order valence-corrected chi connectivity index (χ3v) is 5.48. The molecule has 0 aromatic heterocycles. The van der Waals surface area contributed by atoms with Crippen molar-refractivity contribution in [1.29, 1.82) is 0 Å². The van der Waals surface area contributed by atoms with Gasteiger partial charge in [-0.1, -0.05) is 50.2 Å². The number of rotatable bonds is 3. The minimum Gasteiger partial charge on any atom is -0.312 e. The molecule has 2 heterocycles. The largest absolute Gasteiger partial charge is 0.312 e. The fourth-order valence-corrected chi connectivity index (χ4v) is 4.11. The number of hydrogen-bond acceptors (Lipinski definition) is 2. The standard InChI is InChI=1S/C22H24N2O2/c1-15(2)18-8-4-6-10-20(18)24-14-17(13-21(24)25)22(26)23-12-11-16-7-3-5-9-19(16)23/h3-10,15,17H,11-14H2,1-2H3. The smallest absolute Gasteiger partial charge is 0.232 e. The molecule has 1 saturated heterocycles. The minimum absolute atomic E-state index is 0.0453. The van der Waals surface area contributed by atoms with E-state index in [4.69, 9.17) is 0 Å². The molecule has 4 nitrogen and oxygen atoms in total. The van der Waals surface area contributed by atoms with E-state index in [-0.39, 0.29) is 17.7 Å². The van der Waals surface area contributed by atoms with Gasteiger partial charge in [-0.3, -0.25) is 9.59 Å². The van der Waals surface area contributed by atoms with E-state index in [1.54, 1.807) is 4.90 Å². The fraction of sp³-hybridized carbons (Fsp3) is 0.364. The number of para-hydroxylation sites is 2. The Hall–Kier alpha value is -2.62. The van der Waals surface area contributed by atoms with Crippen molar-refractivity contribution in [2.75, 3.05) is 22.9 Å². The van der Waals surface area contributed by atoms with Gasteiger partial charge in [-0.2, -0.15) is 0 Å². The predicted octanol–water partition coefficient (Wildman–Crippen LogP) is 3.75. The number of anilines is 2. The second-order valence-electron chi connectivity index (χ2n) is 7.49. The van der Waals surface area contributed by atoms with Crippen LogP contribution in [0.3, 0.4) is 0 Å². The molecular formula is C22H24N2O2. The molecule has 2 aromatic carbocycles. The highest BCUT2D eigenvalue weighted by Gasteiger charge is 2.39. The first-order chi connectivity index (χ1) is 12.6. The molecule has 4 rings (SSSR count). The van der Waals surface area contributed by atoms with Crippen molar-refractivity contribution in [1.82, 2.24) is 0 Å². The van der Waals surface area contributed by atoms with Crippen LogP contribution in [0.25, 0.3) is 0 Å². The Morgan fingerprint density at radius 2 is 1.73 bits per heavy atom. The first kappa shape index (κ1) is 16.8. The van der Waals surface area contributed by atoms with E-state index < -0.39 is 0 Å². The molecule has 0 bridgehead atoms. The molecule has 0 aliphatic carbocycles. The van der Waals surface area contributed by atoms with Crippen molar-refractivity contribution < 1.29 is 9.59 Å². The lowest BCUT2D eigenvalue weighted by Gasteiger charge is -2.23. The van der Waals surface area contributed by atoms with Gasteiger partial charge in [0.15, 0.2) is 0 Å².